The van der Waals surface area contributed by atoms with Crippen molar-refractivity contribution in [1.82, 2.24) is 4.98 Å². The number of benzene rings is 1. The Hall–Kier alpha value is -2.15. The van der Waals surface area contributed by atoms with Crippen LogP contribution in [0.4, 0.5) is 15.8 Å². The number of sulfonamides is 1. The maximum Gasteiger partial charge on any atom is 0.265 e. The third-order valence-corrected chi connectivity index (χ3v) is 4.20. The number of nitrogens with zero attached hydrogens (tertiary/aromatic N) is 1. The number of anilines is 2. The second kappa shape index (κ2) is 6.09. The van der Waals surface area contributed by atoms with Crippen LogP contribution in [0.3, 0.4) is 0 Å². The van der Waals surface area contributed by atoms with Gasteiger partial charge in [0.05, 0.1) is 11.4 Å². The number of nitrogens with one attached hydrogen (secondary N) is 2. The summed E-state index contributed by atoms with van der Waals surface area (Å²) in [4.78, 5) is 3.80. The molecule has 1 heterocycles. The molecule has 1 aromatic carbocycles. The van der Waals surface area contributed by atoms with Gasteiger partial charge in [-0.1, -0.05) is 6.07 Å². The average molecular weight is 309 g/mol. The van der Waals surface area contributed by atoms with Crippen molar-refractivity contribution in [3.8, 4) is 0 Å². The lowest BCUT2D eigenvalue weighted by molar-refractivity contribution is 0.598. The van der Waals surface area contributed by atoms with Crippen LogP contribution < -0.4 is 10.0 Å². The molecular weight excluding hydrogens is 293 g/mol. The van der Waals surface area contributed by atoms with Crippen molar-refractivity contribution in [2.75, 3.05) is 16.6 Å². The summed E-state index contributed by atoms with van der Waals surface area (Å²) >= 11 is 0. The molecule has 0 saturated heterocycles. The number of hydrogen-bond donors (Lipinski definition) is 2. The molecule has 0 amide bonds. The van der Waals surface area contributed by atoms with Crippen molar-refractivity contribution >= 4 is 21.4 Å². The molecule has 0 aliphatic carbocycles. The molecule has 0 atom stereocenters. The van der Waals surface area contributed by atoms with Crippen LogP contribution in [-0.4, -0.2) is 19.9 Å². The highest BCUT2D eigenvalue weighted by Gasteiger charge is 2.20. The molecule has 0 aliphatic rings. The Balaban J connectivity index is 2.41. The number of halogens is 1. The zero-order valence-corrected chi connectivity index (χ0v) is 12.5. The van der Waals surface area contributed by atoms with Gasteiger partial charge in [0.2, 0.25) is 0 Å². The summed E-state index contributed by atoms with van der Waals surface area (Å²) in [6, 6.07) is 5.80. The smallest absolute Gasteiger partial charge is 0.265 e. The molecule has 0 spiro atoms. The van der Waals surface area contributed by atoms with Gasteiger partial charge in [-0.2, -0.15) is 0 Å². The van der Waals surface area contributed by atoms with Crippen molar-refractivity contribution in [3.63, 3.8) is 0 Å². The van der Waals surface area contributed by atoms with Crippen LogP contribution in [0.15, 0.2) is 41.6 Å². The Bertz CT molecular complexity index is 748. The van der Waals surface area contributed by atoms with E-state index in [-0.39, 0.29) is 10.6 Å². The van der Waals surface area contributed by atoms with Crippen LogP contribution in [0.1, 0.15) is 12.5 Å². The first-order valence-electron chi connectivity index (χ1n) is 6.41. The molecule has 21 heavy (non-hydrogen) atoms. The van der Waals surface area contributed by atoms with E-state index in [0.717, 1.165) is 5.56 Å². The third kappa shape index (κ3) is 3.49. The molecule has 7 heteroatoms. The first-order valence-corrected chi connectivity index (χ1v) is 7.89. The van der Waals surface area contributed by atoms with E-state index in [2.05, 4.69) is 15.0 Å². The standard InChI is InChI=1S/C14H16FN3O2S/c1-3-17-12-6-7-16-9-14(12)21(19,20)18-13-8-10(2)4-5-11(13)15/h4-9,18H,3H2,1-2H3,(H,16,17). The van der Waals surface area contributed by atoms with Crippen LogP contribution in [0.2, 0.25) is 0 Å². The van der Waals surface area contributed by atoms with E-state index in [1.165, 1.54) is 24.5 Å². The molecule has 0 radical (unpaired) electrons. The molecule has 5 nitrogen and oxygen atoms in total. The van der Waals surface area contributed by atoms with E-state index in [4.69, 9.17) is 0 Å². The Morgan fingerprint density at radius 2 is 2.00 bits per heavy atom. The Labute approximate surface area is 123 Å². The molecule has 0 unspecified atom stereocenters. The van der Waals surface area contributed by atoms with Crippen molar-refractivity contribution in [2.24, 2.45) is 0 Å². The van der Waals surface area contributed by atoms with Crippen molar-refractivity contribution in [3.05, 3.63) is 48.0 Å². The van der Waals surface area contributed by atoms with Crippen LogP contribution in [0.25, 0.3) is 0 Å². The minimum Gasteiger partial charge on any atom is -0.384 e. The monoisotopic (exact) mass is 309 g/mol. The molecule has 0 aliphatic heterocycles. The maximum atomic E-state index is 13.7. The summed E-state index contributed by atoms with van der Waals surface area (Å²) in [5.41, 5.74) is 1.10. The van der Waals surface area contributed by atoms with Crippen molar-refractivity contribution in [2.45, 2.75) is 18.7 Å². The van der Waals surface area contributed by atoms with E-state index >= 15 is 0 Å². The molecule has 0 bridgehead atoms. The zero-order chi connectivity index (χ0) is 15.5. The quantitative estimate of drug-likeness (QED) is 0.891. The number of hydrogen-bond acceptors (Lipinski definition) is 4. The second-order valence-corrected chi connectivity index (χ2v) is 6.14. The molecule has 2 aromatic rings. The largest absolute Gasteiger partial charge is 0.384 e. The summed E-state index contributed by atoms with van der Waals surface area (Å²) in [6.45, 7) is 4.17. The van der Waals surface area contributed by atoms with Gasteiger partial charge < -0.3 is 5.32 Å². The minimum absolute atomic E-state index is 0.0206. The van der Waals surface area contributed by atoms with E-state index in [9.17, 15) is 12.8 Å². The van der Waals surface area contributed by atoms with Gasteiger partial charge in [-0.3, -0.25) is 9.71 Å². The van der Waals surface area contributed by atoms with Gasteiger partial charge in [0, 0.05) is 18.9 Å². The van der Waals surface area contributed by atoms with Crippen LogP contribution >= 0.6 is 0 Å². The van der Waals surface area contributed by atoms with Gasteiger partial charge in [-0.25, -0.2) is 12.8 Å². The lowest BCUT2D eigenvalue weighted by Crippen LogP contribution is -2.16. The summed E-state index contributed by atoms with van der Waals surface area (Å²) in [6.07, 6.45) is 2.72. The third-order valence-electron chi connectivity index (χ3n) is 2.81. The van der Waals surface area contributed by atoms with E-state index in [1.54, 1.807) is 19.1 Å². The lowest BCUT2D eigenvalue weighted by Gasteiger charge is -2.13. The number of rotatable bonds is 5. The van der Waals surface area contributed by atoms with Crippen molar-refractivity contribution < 1.29 is 12.8 Å². The Morgan fingerprint density at radius 3 is 2.71 bits per heavy atom. The highest BCUT2D eigenvalue weighted by atomic mass is 32.2. The van der Waals surface area contributed by atoms with Crippen LogP contribution in [0.5, 0.6) is 0 Å². The van der Waals surface area contributed by atoms with Crippen LogP contribution in [-0.2, 0) is 10.0 Å². The molecule has 2 rings (SSSR count). The predicted octanol–water partition coefficient (Wildman–Crippen LogP) is 2.76. The fourth-order valence-corrected chi connectivity index (χ4v) is 3.03. The van der Waals surface area contributed by atoms with E-state index in [0.29, 0.717) is 12.2 Å². The highest BCUT2D eigenvalue weighted by molar-refractivity contribution is 7.92. The van der Waals surface area contributed by atoms with Gasteiger partial charge in [0.15, 0.2) is 0 Å². The summed E-state index contributed by atoms with van der Waals surface area (Å²) in [7, 11) is -3.92. The molecule has 1 aromatic heterocycles. The first-order chi connectivity index (χ1) is 9.94. The van der Waals surface area contributed by atoms with Gasteiger partial charge in [-0.05, 0) is 37.6 Å². The van der Waals surface area contributed by atoms with Crippen molar-refractivity contribution in [1.29, 1.82) is 0 Å². The summed E-state index contributed by atoms with van der Waals surface area (Å²) in [5.74, 6) is -0.627. The van der Waals surface area contributed by atoms with Gasteiger partial charge >= 0.3 is 0 Å². The maximum absolute atomic E-state index is 13.7. The normalized spacial score (nSPS) is 11.2. The molecule has 2 N–H and O–H groups in total. The topological polar surface area (TPSA) is 71.1 Å². The SMILES string of the molecule is CCNc1ccncc1S(=O)(=O)Nc1cc(C)ccc1F. The van der Waals surface area contributed by atoms with E-state index < -0.39 is 15.8 Å². The van der Waals surface area contributed by atoms with E-state index in [1.807, 2.05) is 6.92 Å². The Kier molecular flexibility index (Phi) is 4.42. The fourth-order valence-electron chi connectivity index (χ4n) is 1.85. The molecular formula is C14H16FN3O2S. The zero-order valence-electron chi connectivity index (χ0n) is 11.7. The first kappa shape index (κ1) is 15.2. The summed E-state index contributed by atoms with van der Waals surface area (Å²) < 4.78 is 40.8. The van der Waals surface area contributed by atoms with Gasteiger partial charge in [-0.15, -0.1) is 0 Å². The molecule has 112 valence electrons. The second-order valence-electron chi connectivity index (χ2n) is 4.49. The van der Waals surface area contributed by atoms with Gasteiger partial charge in [0.25, 0.3) is 10.0 Å². The Morgan fingerprint density at radius 1 is 1.24 bits per heavy atom. The van der Waals surface area contributed by atoms with Crippen LogP contribution in [0, 0.1) is 12.7 Å². The van der Waals surface area contributed by atoms with Gasteiger partial charge in [0.1, 0.15) is 10.7 Å². The predicted molar refractivity (Wildman–Crippen MR) is 80.3 cm³/mol. The number of aromatic nitrogens is 1. The lowest BCUT2D eigenvalue weighted by atomic mass is 10.2. The minimum atomic E-state index is -3.92. The average Bonchev–Trinajstić information content (AvgIpc) is 2.43. The summed E-state index contributed by atoms with van der Waals surface area (Å²) in [5, 5.41) is 2.94. The molecule has 0 saturated carbocycles. The number of aryl methyl sites for hydroxylation is 1. The molecule has 0 fully saturated rings. The fraction of sp³-hybridized carbons (Fsp3) is 0.214. The highest BCUT2D eigenvalue weighted by Crippen LogP contribution is 2.24. The number of pyridine rings is 1.